The van der Waals surface area contributed by atoms with Crippen LogP contribution in [0.5, 0.6) is 0 Å². The maximum absolute atomic E-state index is 13.1. The first kappa shape index (κ1) is 18.6. The SMILES string of the molecule is Cc1cc(C(=O)C[C@H](c2ccc(C3CNC3)cc2)c2ccccc2C)ccn1. The topological polar surface area (TPSA) is 42.0 Å². The van der Waals surface area contributed by atoms with Gasteiger partial charge in [0.25, 0.3) is 0 Å². The summed E-state index contributed by atoms with van der Waals surface area (Å²) in [7, 11) is 0. The highest BCUT2D eigenvalue weighted by molar-refractivity contribution is 5.96. The Bertz CT molecular complexity index is 974. The first-order chi connectivity index (χ1) is 13.6. The Hall–Kier alpha value is -2.78. The molecule has 3 nitrogen and oxygen atoms in total. The molecule has 0 aliphatic carbocycles. The summed E-state index contributed by atoms with van der Waals surface area (Å²) in [6, 6.07) is 20.9. The highest BCUT2D eigenvalue weighted by Crippen LogP contribution is 2.33. The zero-order valence-corrected chi connectivity index (χ0v) is 16.5. The van der Waals surface area contributed by atoms with Crippen molar-refractivity contribution in [3.05, 3.63) is 100 Å². The van der Waals surface area contributed by atoms with Crippen molar-refractivity contribution in [1.82, 2.24) is 10.3 Å². The van der Waals surface area contributed by atoms with Crippen molar-refractivity contribution >= 4 is 5.78 Å². The van der Waals surface area contributed by atoms with Gasteiger partial charge < -0.3 is 5.32 Å². The Morgan fingerprint density at radius 1 is 1.07 bits per heavy atom. The molecule has 0 saturated carbocycles. The maximum Gasteiger partial charge on any atom is 0.163 e. The zero-order chi connectivity index (χ0) is 19.5. The monoisotopic (exact) mass is 370 g/mol. The molecule has 1 N–H and O–H groups in total. The standard InChI is InChI=1S/C25H26N2O/c1-17-5-3-4-6-23(17)24(14-25(28)21-11-12-27-18(2)13-21)20-9-7-19(8-10-20)22-15-26-16-22/h3-13,22,24,26H,14-16H2,1-2H3/t24-/m1/s1. The third-order valence-corrected chi connectivity index (χ3v) is 5.76. The zero-order valence-electron chi connectivity index (χ0n) is 16.5. The van der Waals surface area contributed by atoms with Crippen molar-refractivity contribution in [2.24, 2.45) is 0 Å². The number of nitrogens with one attached hydrogen (secondary N) is 1. The molecule has 1 fully saturated rings. The van der Waals surface area contributed by atoms with E-state index in [1.807, 2.05) is 19.1 Å². The number of nitrogens with zero attached hydrogens (tertiary/aromatic N) is 1. The van der Waals surface area contributed by atoms with Crippen LogP contribution in [-0.4, -0.2) is 23.9 Å². The summed E-state index contributed by atoms with van der Waals surface area (Å²) in [4.78, 5) is 17.3. The van der Waals surface area contributed by atoms with Gasteiger partial charge in [0.1, 0.15) is 0 Å². The van der Waals surface area contributed by atoms with Gasteiger partial charge in [-0.05, 0) is 48.2 Å². The first-order valence-electron chi connectivity index (χ1n) is 9.94. The molecule has 1 aliphatic heterocycles. The Morgan fingerprint density at radius 2 is 1.82 bits per heavy atom. The minimum absolute atomic E-state index is 0.0516. The summed E-state index contributed by atoms with van der Waals surface area (Å²) in [5, 5.41) is 3.33. The Morgan fingerprint density at radius 3 is 2.46 bits per heavy atom. The number of ketones is 1. The van der Waals surface area contributed by atoms with Gasteiger partial charge in [-0.25, -0.2) is 0 Å². The molecule has 2 aromatic carbocycles. The lowest BCUT2D eigenvalue weighted by Gasteiger charge is -2.28. The van der Waals surface area contributed by atoms with Crippen LogP contribution in [0, 0.1) is 13.8 Å². The fourth-order valence-electron chi connectivity index (χ4n) is 3.93. The van der Waals surface area contributed by atoms with Crippen molar-refractivity contribution in [3.8, 4) is 0 Å². The van der Waals surface area contributed by atoms with E-state index in [4.69, 9.17) is 0 Å². The van der Waals surface area contributed by atoms with Crippen LogP contribution in [-0.2, 0) is 0 Å². The normalized spacial score (nSPS) is 15.1. The van der Waals surface area contributed by atoms with E-state index in [-0.39, 0.29) is 11.7 Å². The molecule has 1 aliphatic rings. The predicted molar refractivity (Wildman–Crippen MR) is 113 cm³/mol. The van der Waals surface area contributed by atoms with Crippen molar-refractivity contribution in [1.29, 1.82) is 0 Å². The van der Waals surface area contributed by atoms with Crippen LogP contribution >= 0.6 is 0 Å². The summed E-state index contributed by atoms with van der Waals surface area (Å²) in [6.45, 7) is 6.16. The summed E-state index contributed by atoms with van der Waals surface area (Å²) in [6.07, 6.45) is 2.17. The molecule has 3 aromatic rings. The molecule has 0 bridgehead atoms. The number of hydrogen-bond donors (Lipinski definition) is 1. The van der Waals surface area contributed by atoms with Gasteiger partial charge in [-0.3, -0.25) is 9.78 Å². The second kappa shape index (κ2) is 8.07. The molecule has 1 atom stereocenters. The van der Waals surface area contributed by atoms with E-state index in [1.165, 1.54) is 22.3 Å². The molecule has 2 heterocycles. The summed E-state index contributed by atoms with van der Waals surface area (Å²) in [5.74, 6) is 0.828. The van der Waals surface area contributed by atoms with Crippen molar-refractivity contribution < 1.29 is 4.79 Å². The van der Waals surface area contributed by atoms with Gasteiger partial charge >= 0.3 is 0 Å². The van der Waals surface area contributed by atoms with E-state index in [0.717, 1.165) is 24.3 Å². The third kappa shape index (κ3) is 3.90. The average molecular weight is 370 g/mol. The number of hydrogen-bond acceptors (Lipinski definition) is 3. The van der Waals surface area contributed by atoms with Crippen molar-refractivity contribution in [3.63, 3.8) is 0 Å². The second-order valence-corrected chi connectivity index (χ2v) is 7.74. The van der Waals surface area contributed by atoms with Gasteiger partial charge in [0.2, 0.25) is 0 Å². The van der Waals surface area contributed by atoms with Gasteiger partial charge in [0, 0.05) is 48.8 Å². The lowest BCUT2D eigenvalue weighted by Crippen LogP contribution is -2.39. The molecule has 0 spiro atoms. The van der Waals surface area contributed by atoms with Crippen molar-refractivity contribution in [2.45, 2.75) is 32.1 Å². The van der Waals surface area contributed by atoms with E-state index in [2.05, 4.69) is 65.8 Å². The van der Waals surface area contributed by atoms with Crippen LogP contribution in [0.15, 0.2) is 66.9 Å². The van der Waals surface area contributed by atoms with Gasteiger partial charge in [-0.2, -0.15) is 0 Å². The second-order valence-electron chi connectivity index (χ2n) is 7.74. The number of rotatable bonds is 6. The molecule has 4 rings (SSSR count). The number of pyridine rings is 1. The van der Waals surface area contributed by atoms with Crippen LogP contribution in [0.3, 0.4) is 0 Å². The van der Waals surface area contributed by atoms with Gasteiger partial charge in [-0.1, -0.05) is 48.5 Å². The fourth-order valence-corrected chi connectivity index (χ4v) is 3.93. The number of Topliss-reactive ketones (excluding diaryl/α,β-unsaturated/α-hetero) is 1. The molecule has 0 radical (unpaired) electrons. The van der Waals surface area contributed by atoms with Gasteiger partial charge in [0.15, 0.2) is 5.78 Å². The molecule has 0 unspecified atom stereocenters. The summed E-state index contributed by atoms with van der Waals surface area (Å²) in [5.41, 5.74) is 6.63. The molecular weight excluding hydrogens is 344 g/mol. The number of benzene rings is 2. The minimum Gasteiger partial charge on any atom is -0.315 e. The molecule has 1 aromatic heterocycles. The van der Waals surface area contributed by atoms with Gasteiger partial charge in [-0.15, -0.1) is 0 Å². The van der Waals surface area contributed by atoms with Gasteiger partial charge in [0.05, 0.1) is 0 Å². The first-order valence-corrected chi connectivity index (χ1v) is 9.94. The number of carbonyl (C=O) groups is 1. The summed E-state index contributed by atoms with van der Waals surface area (Å²) < 4.78 is 0. The van der Waals surface area contributed by atoms with E-state index in [9.17, 15) is 4.79 Å². The summed E-state index contributed by atoms with van der Waals surface area (Å²) >= 11 is 0. The minimum atomic E-state index is 0.0516. The largest absolute Gasteiger partial charge is 0.315 e. The highest BCUT2D eigenvalue weighted by Gasteiger charge is 2.23. The van der Waals surface area contributed by atoms with Crippen LogP contribution in [0.4, 0.5) is 0 Å². The van der Waals surface area contributed by atoms with E-state index in [0.29, 0.717) is 12.3 Å². The Labute approximate surface area is 166 Å². The lowest BCUT2D eigenvalue weighted by atomic mass is 9.82. The van der Waals surface area contributed by atoms with E-state index < -0.39 is 0 Å². The molecule has 0 amide bonds. The predicted octanol–water partition coefficient (Wildman–Crippen LogP) is 4.79. The number of carbonyl (C=O) groups excluding carboxylic acids is 1. The number of aromatic nitrogens is 1. The Balaban J connectivity index is 1.66. The molecule has 3 heteroatoms. The quantitative estimate of drug-likeness (QED) is 0.634. The van der Waals surface area contributed by atoms with Crippen LogP contribution < -0.4 is 5.32 Å². The average Bonchev–Trinajstić information content (AvgIpc) is 2.66. The molecule has 1 saturated heterocycles. The fraction of sp³-hybridized carbons (Fsp3) is 0.280. The van der Waals surface area contributed by atoms with Crippen LogP contribution in [0.25, 0.3) is 0 Å². The van der Waals surface area contributed by atoms with Crippen LogP contribution in [0.1, 0.15) is 56.6 Å². The van der Waals surface area contributed by atoms with Crippen molar-refractivity contribution in [2.75, 3.05) is 13.1 Å². The smallest absolute Gasteiger partial charge is 0.163 e. The Kier molecular flexibility index (Phi) is 5.36. The third-order valence-electron chi connectivity index (χ3n) is 5.76. The lowest BCUT2D eigenvalue weighted by molar-refractivity contribution is 0.0977. The van der Waals surface area contributed by atoms with E-state index >= 15 is 0 Å². The molecule has 142 valence electrons. The maximum atomic E-state index is 13.1. The molecule has 28 heavy (non-hydrogen) atoms. The molecular formula is C25H26N2O. The van der Waals surface area contributed by atoms with Crippen LogP contribution in [0.2, 0.25) is 0 Å². The number of aryl methyl sites for hydroxylation is 2. The van der Waals surface area contributed by atoms with E-state index in [1.54, 1.807) is 6.20 Å². The highest BCUT2D eigenvalue weighted by atomic mass is 16.1.